The zero-order valence-electron chi connectivity index (χ0n) is 15.7. The molecule has 0 aliphatic heterocycles. The molecule has 0 radical (unpaired) electrons. The topological polar surface area (TPSA) is 85.4 Å². The monoisotopic (exact) mass is 416 g/mol. The van der Waals surface area contributed by atoms with Gasteiger partial charge < -0.3 is 20.1 Å². The number of ether oxygens (including phenoxy) is 2. The van der Waals surface area contributed by atoms with Crippen LogP contribution in [0, 0.1) is 6.92 Å². The van der Waals surface area contributed by atoms with E-state index >= 15 is 0 Å². The maximum absolute atomic E-state index is 12.2. The molecule has 1 amide bonds. The first kappa shape index (κ1) is 20.0. The number of amides is 1. The molecule has 7 nitrogen and oxygen atoms in total. The van der Waals surface area contributed by atoms with Gasteiger partial charge in [0.05, 0.1) is 20.0 Å². The third-order valence-electron chi connectivity index (χ3n) is 3.67. The standard InChI is InChI=1S/C19H20N4O3S2/c1-12-5-4-6-13(9-12)21-18-22-23-19(28-18)27-11-17(24)20-14-7-8-15(25-2)16(10-14)26-3/h4-10H,11H2,1-3H3,(H,20,24)(H,21,22). The van der Waals surface area contributed by atoms with Crippen molar-refractivity contribution in [3.63, 3.8) is 0 Å². The Balaban J connectivity index is 1.53. The van der Waals surface area contributed by atoms with Gasteiger partial charge in [0, 0.05) is 17.4 Å². The molecule has 0 saturated heterocycles. The quantitative estimate of drug-likeness (QED) is 0.528. The van der Waals surface area contributed by atoms with Crippen molar-refractivity contribution < 1.29 is 14.3 Å². The average molecular weight is 417 g/mol. The molecule has 0 unspecified atom stereocenters. The number of methoxy groups -OCH3 is 2. The fourth-order valence-electron chi connectivity index (χ4n) is 2.40. The smallest absolute Gasteiger partial charge is 0.234 e. The van der Waals surface area contributed by atoms with Crippen molar-refractivity contribution in [3.05, 3.63) is 48.0 Å². The van der Waals surface area contributed by atoms with Crippen molar-refractivity contribution in [3.8, 4) is 11.5 Å². The highest BCUT2D eigenvalue weighted by Crippen LogP contribution is 2.30. The second kappa shape index (κ2) is 9.43. The largest absolute Gasteiger partial charge is 0.493 e. The Morgan fingerprint density at radius 2 is 1.89 bits per heavy atom. The van der Waals surface area contributed by atoms with E-state index in [0.717, 1.165) is 15.6 Å². The molecule has 28 heavy (non-hydrogen) atoms. The van der Waals surface area contributed by atoms with E-state index in [4.69, 9.17) is 9.47 Å². The molecule has 3 rings (SSSR count). The van der Waals surface area contributed by atoms with Crippen molar-refractivity contribution in [2.75, 3.05) is 30.6 Å². The summed E-state index contributed by atoms with van der Waals surface area (Å²) in [7, 11) is 3.12. The molecule has 0 aliphatic carbocycles. The van der Waals surface area contributed by atoms with Crippen molar-refractivity contribution in [2.24, 2.45) is 0 Å². The Morgan fingerprint density at radius 1 is 1.07 bits per heavy atom. The molecule has 0 atom stereocenters. The van der Waals surface area contributed by atoms with Crippen LogP contribution in [0.25, 0.3) is 0 Å². The molecule has 0 fully saturated rings. The second-order valence-corrected chi connectivity index (χ2v) is 7.97. The summed E-state index contributed by atoms with van der Waals surface area (Å²) in [5.41, 5.74) is 2.76. The summed E-state index contributed by atoms with van der Waals surface area (Å²) in [6, 6.07) is 13.2. The Labute approximate surface area is 171 Å². The van der Waals surface area contributed by atoms with Gasteiger partial charge in [0.1, 0.15) is 0 Å². The van der Waals surface area contributed by atoms with Gasteiger partial charge in [-0.3, -0.25) is 4.79 Å². The van der Waals surface area contributed by atoms with Gasteiger partial charge in [-0.05, 0) is 36.8 Å². The number of carbonyl (C=O) groups excluding carboxylic acids is 1. The Hall–Kier alpha value is -2.78. The van der Waals surface area contributed by atoms with Crippen LogP contribution in [0.15, 0.2) is 46.8 Å². The summed E-state index contributed by atoms with van der Waals surface area (Å²) in [5.74, 6) is 1.26. The number of benzene rings is 2. The molecule has 146 valence electrons. The minimum absolute atomic E-state index is 0.138. The van der Waals surface area contributed by atoms with E-state index in [1.54, 1.807) is 32.4 Å². The highest BCUT2D eigenvalue weighted by atomic mass is 32.2. The van der Waals surface area contributed by atoms with E-state index in [0.29, 0.717) is 22.3 Å². The summed E-state index contributed by atoms with van der Waals surface area (Å²) in [6.45, 7) is 2.03. The second-order valence-electron chi connectivity index (χ2n) is 5.77. The predicted octanol–water partition coefficient (Wildman–Crippen LogP) is 4.34. The maximum atomic E-state index is 12.2. The van der Waals surface area contributed by atoms with Crippen LogP contribution in [0.4, 0.5) is 16.5 Å². The van der Waals surface area contributed by atoms with Crippen molar-refractivity contribution >= 4 is 45.5 Å². The number of rotatable bonds is 8. The lowest BCUT2D eigenvalue weighted by Crippen LogP contribution is -2.14. The van der Waals surface area contributed by atoms with Gasteiger partial charge in [-0.1, -0.05) is 35.2 Å². The Bertz CT molecular complexity index is 962. The molecule has 2 aromatic carbocycles. The Morgan fingerprint density at radius 3 is 2.64 bits per heavy atom. The molecular weight excluding hydrogens is 396 g/mol. The zero-order valence-corrected chi connectivity index (χ0v) is 17.3. The number of carbonyl (C=O) groups is 1. The van der Waals surface area contributed by atoms with Crippen LogP contribution in [0.5, 0.6) is 11.5 Å². The summed E-state index contributed by atoms with van der Waals surface area (Å²) in [4.78, 5) is 12.2. The Kier molecular flexibility index (Phi) is 6.72. The van der Waals surface area contributed by atoms with Crippen LogP contribution in [0.3, 0.4) is 0 Å². The lowest BCUT2D eigenvalue weighted by molar-refractivity contribution is -0.113. The third-order valence-corrected chi connectivity index (χ3v) is 5.64. The van der Waals surface area contributed by atoms with E-state index in [9.17, 15) is 4.79 Å². The van der Waals surface area contributed by atoms with Crippen LogP contribution < -0.4 is 20.1 Å². The number of hydrogen-bond acceptors (Lipinski definition) is 8. The maximum Gasteiger partial charge on any atom is 0.234 e. The molecular formula is C19H20N4O3S2. The molecule has 0 aliphatic rings. The first-order valence-corrected chi connectivity index (χ1v) is 10.2. The highest BCUT2D eigenvalue weighted by Gasteiger charge is 2.10. The number of aromatic nitrogens is 2. The molecule has 1 aromatic heterocycles. The van der Waals surface area contributed by atoms with Crippen LogP contribution >= 0.6 is 23.1 Å². The number of aryl methyl sites for hydroxylation is 1. The summed E-state index contributed by atoms with van der Waals surface area (Å²) in [6.07, 6.45) is 0. The third kappa shape index (κ3) is 5.37. The molecule has 0 spiro atoms. The fraction of sp³-hybridized carbons (Fsp3) is 0.211. The van der Waals surface area contributed by atoms with Crippen molar-refractivity contribution in [2.45, 2.75) is 11.3 Å². The minimum atomic E-state index is -0.138. The van der Waals surface area contributed by atoms with Gasteiger partial charge >= 0.3 is 0 Å². The zero-order chi connectivity index (χ0) is 19.9. The van der Waals surface area contributed by atoms with Gasteiger partial charge in [0.25, 0.3) is 0 Å². The van der Waals surface area contributed by atoms with Gasteiger partial charge in [0.15, 0.2) is 15.8 Å². The molecule has 0 bridgehead atoms. The molecule has 9 heteroatoms. The first-order valence-electron chi connectivity index (χ1n) is 8.39. The van der Waals surface area contributed by atoms with E-state index < -0.39 is 0 Å². The van der Waals surface area contributed by atoms with Gasteiger partial charge in [-0.25, -0.2) is 0 Å². The SMILES string of the molecule is COc1ccc(NC(=O)CSc2nnc(Nc3cccc(C)c3)s2)cc1OC. The van der Waals surface area contributed by atoms with Crippen molar-refractivity contribution in [1.82, 2.24) is 10.2 Å². The lowest BCUT2D eigenvalue weighted by Gasteiger charge is -2.10. The average Bonchev–Trinajstić information content (AvgIpc) is 3.13. The summed E-state index contributed by atoms with van der Waals surface area (Å²) in [5, 5.41) is 15.0. The molecule has 2 N–H and O–H groups in total. The van der Waals surface area contributed by atoms with Crippen LogP contribution in [0.2, 0.25) is 0 Å². The number of nitrogens with one attached hydrogen (secondary N) is 2. The lowest BCUT2D eigenvalue weighted by atomic mass is 10.2. The van der Waals surface area contributed by atoms with Gasteiger partial charge in [0.2, 0.25) is 11.0 Å². The summed E-state index contributed by atoms with van der Waals surface area (Å²) < 4.78 is 11.2. The molecule has 1 heterocycles. The number of anilines is 3. The van der Waals surface area contributed by atoms with Crippen LogP contribution in [0.1, 0.15) is 5.56 Å². The normalized spacial score (nSPS) is 10.4. The van der Waals surface area contributed by atoms with E-state index in [-0.39, 0.29) is 11.7 Å². The summed E-state index contributed by atoms with van der Waals surface area (Å²) >= 11 is 2.74. The van der Waals surface area contributed by atoms with Crippen molar-refractivity contribution in [1.29, 1.82) is 0 Å². The number of nitrogens with zero attached hydrogens (tertiary/aromatic N) is 2. The van der Waals surface area contributed by atoms with Crippen LogP contribution in [-0.2, 0) is 4.79 Å². The van der Waals surface area contributed by atoms with E-state index in [1.807, 2.05) is 31.2 Å². The van der Waals surface area contributed by atoms with Gasteiger partial charge in [-0.2, -0.15) is 0 Å². The van der Waals surface area contributed by atoms with E-state index in [2.05, 4.69) is 20.8 Å². The van der Waals surface area contributed by atoms with Gasteiger partial charge in [-0.15, -0.1) is 10.2 Å². The number of hydrogen-bond donors (Lipinski definition) is 2. The first-order chi connectivity index (χ1) is 13.6. The highest BCUT2D eigenvalue weighted by molar-refractivity contribution is 8.01. The molecule has 3 aromatic rings. The fourth-order valence-corrected chi connectivity index (χ4v) is 3.98. The van der Waals surface area contributed by atoms with Crippen LogP contribution in [-0.4, -0.2) is 36.1 Å². The number of thioether (sulfide) groups is 1. The predicted molar refractivity (Wildman–Crippen MR) is 113 cm³/mol. The minimum Gasteiger partial charge on any atom is -0.493 e. The molecule has 0 saturated carbocycles. The van der Waals surface area contributed by atoms with E-state index in [1.165, 1.54) is 23.1 Å².